The second-order valence-electron chi connectivity index (χ2n) is 7.81. The van der Waals surface area contributed by atoms with Gasteiger partial charge in [0, 0.05) is 24.5 Å². The van der Waals surface area contributed by atoms with Crippen molar-refractivity contribution in [2.24, 2.45) is 0 Å². The van der Waals surface area contributed by atoms with Gasteiger partial charge in [-0.05, 0) is 32.4 Å². The van der Waals surface area contributed by atoms with E-state index in [1.54, 1.807) is 37.4 Å². The van der Waals surface area contributed by atoms with Crippen LogP contribution >= 0.6 is 23.5 Å². The Hall–Kier alpha value is -1.71. The number of carbonyl (C=O) groups is 3. The molecule has 1 aromatic carbocycles. The highest BCUT2D eigenvalue weighted by atomic mass is 32.2. The Morgan fingerprint density at radius 1 is 1.26 bits per heavy atom. The second kappa shape index (κ2) is 10.7. The van der Waals surface area contributed by atoms with E-state index >= 15 is 0 Å². The lowest BCUT2D eigenvalue weighted by atomic mass is 9.95. The van der Waals surface area contributed by atoms with E-state index in [9.17, 15) is 19.5 Å². The zero-order chi connectivity index (χ0) is 22.4. The van der Waals surface area contributed by atoms with E-state index < -0.39 is 24.0 Å². The number of benzene rings is 1. The molecule has 1 aromatic rings. The number of thioether (sulfide) groups is 2. The molecule has 2 heterocycles. The standard InChI is InChI=1S/C22H30N2O5S2/c1-3-29-21(28)17(16-7-5-4-6-8-16)9-10-23-15(2)19(25)24-14-22(30-11-12-31-22)13-18(24)20(26)27/h4-8,15,17-18,23H,3,9-14H2,1-2H3,(H,26,27)/t15-,17?,18-/m0/s1. The number of esters is 1. The van der Waals surface area contributed by atoms with Crippen molar-refractivity contribution < 1.29 is 24.2 Å². The summed E-state index contributed by atoms with van der Waals surface area (Å²) in [5.74, 6) is 0.131. The Bertz CT molecular complexity index is 785. The molecule has 2 aliphatic rings. The molecule has 0 radical (unpaired) electrons. The molecule has 1 unspecified atom stereocenters. The number of nitrogens with zero attached hydrogens (tertiary/aromatic N) is 1. The third kappa shape index (κ3) is 5.75. The van der Waals surface area contributed by atoms with Crippen LogP contribution in [0.1, 0.15) is 38.2 Å². The third-order valence-electron chi connectivity index (χ3n) is 5.70. The Morgan fingerprint density at radius 3 is 2.55 bits per heavy atom. The van der Waals surface area contributed by atoms with Crippen molar-refractivity contribution in [3.05, 3.63) is 35.9 Å². The molecular formula is C22H30N2O5S2. The Labute approximate surface area is 191 Å². The molecule has 2 aliphatic heterocycles. The number of rotatable bonds is 9. The first-order valence-corrected chi connectivity index (χ1v) is 12.6. The van der Waals surface area contributed by atoms with E-state index in [0.29, 0.717) is 32.5 Å². The van der Waals surface area contributed by atoms with Crippen LogP contribution in [0.2, 0.25) is 0 Å². The Kier molecular flexibility index (Phi) is 8.30. The topological polar surface area (TPSA) is 95.9 Å². The zero-order valence-corrected chi connectivity index (χ0v) is 19.5. The van der Waals surface area contributed by atoms with Crippen LogP contribution in [0, 0.1) is 0 Å². The van der Waals surface area contributed by atoms with Gasteiger partial charge in [0.25, 0.3) is 0 Å². The summed E-state index contributed by atoms with van der Waals surface area (Å²) in [6.45, 7) is 4.74. The quantitative estimate of drug-likeness (QED) is 0.536. The molecule has 9 heteroatoms. The molecule has 1 amide bonds. The lowest BCUT2D eigenvalue weighted by molar-refractivity contribution is -0.149. The lowest BCUT2D eigenvalue weighted by Gasteiger charge is -2.26. The van der Waals surface area contributed by atoms with Crippen LogP contribution in [0.4, 0.5) is 0 Å². The van der Waals surface area contributed by atoms with Gasteiger partial charge in [0.2, 0.25) is 5.91 Å². The number of hydrogen-bond donors (Lipinski definition) is 2. The summed E-state index contributed by atoms with van der Waals surface area (Å²) in [7, 11) is 0. The smallest absolute Gasteiger partial charge is 0.326 e. The summed E-state index contributed by atoms with van der Waals surface area (Å²) in [5.41, 5.74) is 0.879. The summed E-state index contributed by atoms with van der Waals surface area (Å²) in [6, 6.07) is 8.14. The van der Waals surface area contributed by atoms with Crippen LogP contribution in [0.25, 0.3) is 0 Å². The first-order chi connectivity index (χ1) is 14.9. The van der Waals surface area contributed by atoms with E-state index in [2.05, 4.69) is 5.32 Å². The van der Waals surface area contributed by atoms with Gasteiger partial charge >= 0.3 is 11.9 Å². The maximum Gasteiger partial charge on any atom is 0.326 e. The van der Waals surface area contributed by atoms with Crippen molar-refractivity contribution in [2.75, 3.05) is 31.2 Å². The van der Waals surface area contributed by atoms with Crippen molar-refractivity contribution in [2.45, 2.75) is 48.8 Å². The number of nitrogens with one attached hydrogen (secondary N) is 1. The highest BCUT2D eigenvalue weighted by Crippen LogP contribution is 2.51. The van der Waals surface area contributed by atoms with Gasteiger partial charge < -0.3 is 20.1 Å². The molecule has 2 N–H and O–H groups in total. The number of hydrogen-bond acceptors (Lipinski definition) is 7. The fraction of sp³-hybridized carbons (Fsp3) is 0.591. The minimum absolute atomic E-state index is 0.194. The number of ether oxygens (including phenoxy) is 1. The maximum atomic E-state index is 13.1. The summed E-state index contributed by atoms with van der Waals surface area (Å²) in [4.78, 5) is 38.8. The molecule has 170 valence electrons. The molecule has 7 nitrogen and oxygen atoms in total. The molecule has 3 atom stereocenters. The highest BCUT2D eigenvalue weighted by molar-refractivity contribution is 8.21. The fourth-order valence-corrected chi connectivity index (χ4v) is 7.38. The fourth-order valence-electron chi connectivity index (χ4n) is 4.13. The van der Waals surface area contributed by atoms with Crippen molar-refractivity contribution in [1.82, 2.24) is 10.2 Å². The predicted molar refractivity (Wildman–Crippen MR) is 123 cm³/mol. The van der Waals surface area contributed by atoms with Gasteiger partial charge in [0.05, 0.1) is 22.6 Å². The Morgan fingerprint density at radius 2 is 1.94 bits per heavy atom. The summed E-state index contributed by atoms with van der Waals surface area (Å²) < 4.78 is 5.03. The third-order valence-corrected chi connectivity index (χ3v) is 9.13. The molecule has 31 heavy (non-hydrogen) atoms. The molecule has 3 rings (SSSR count). The van der Waals surface area contributed by atoms with Gasteiger partial charge in [-0.3, -0.25) is 9.59 Å². The van der Waals surface area contributed by atoms with Crippen LogP contribution in [0.3, 0.4) is 0 Å². The molecule has 0 saturated carbocycles. The zero-order valence-electron chi connectivity index (χ0n) is 17.9. The van der Waals surface area contributed by atoms with E-state index in [1.807, 2.05) is 30.3 Å². The van der Waals surface area contributed by atoms with Crippen LogP contribution in [0.5, 0.6) is 0 Å². The number of likely N-dealkylation sites (tertiary alicyclic amines) is 1. The van der Waals surface area contributed by atoms with Crippen LogP contribution in [0.15, 0.2) is 30.3 Å². The molecule has 0 aromatic heterocycles. The van der Waals surface area contributed by atoms with Crippen LogP contribution < -0.4 is 5.32 Å². The first-order valence-electron chi connectivity index (χ1n) is 10.6. The van der Waals surface area contributed by atoms with Crippen LogP contribution in [-0.4, -0.2) is 75.2 Å². The van der Waals surface area contributed by atoms with Crippen LogP contribution in [-0.2, 0) is 19.1 Å². The Balaban J connectivity index is 1.59. The number of amides is 1. The SMILES string of the molecule is CCOC(=O)C(CCN[C@@H](C)C(=O)N1CC2(C[C@H]1C(=O)O)SCCS2)c1ccccc1. The van der Waals surface area contributed by atoms with Crippen molar-refractivity contribution in [3.8, 4) is 0 Å². The molecule has 1 spiro atoms. The van der Waals surface area contributed by atoms with Gasteiger partial charge in [-0.1, -0.05) is 30.3 Å². The van der Waals surface area contributed by atoms with Crippen molar-refractivity contribution in [1.29, 1.82) is 0 Å². The van der Waals surface area contributed by atoms with E-state index in [-0.39, 0.29) is 16.0 Å². The molecule has 2 fully saturated rings. The number of aliphatic carboxylic acids is 1. The van der Waals surface area contributed by atoms with Gasteiger partial charge in [-0.15, -0.1) is 23.5 Å². The first kappa shape index (κ1) is 23.9. The summed E-state index contributed by atoms with van der Waals surface area (Å²) in [5, 5.41) is 12.8. The molecule has 0 aliphatic carbocycles. The maximum absolute atomic E-state index is 13.1. The van der Waals surface area contributed by atoms with Gasteiger partial charge in [-0.2, -0.15) is 0 Å². The molecule has 2 saturated heterocycles. The lowest BCUT2D eigenvalue weighted by Crippen LogP contribution is -2.49. The molecular weight excluding hydrogens is 436 g/mol. The van der Waals surface area contributed by atoms with Gasteiger partial charge in [-0.25, -0.2) is 4.79 Å². The van der Waals surface area contributed by atoms with Gasteiger partial charge in [0.1, 0.15) is 6.04 Å². The summed E-state index contributed by atoms with van der Waals surface area (Å²) in [6.07, 6.45) is 0.966. The monoisotopic (exact) mass is 466 g/mol. The average Bonchev–Trinajstić information content (AvgIpc) is 3.38. The second-order valence-corrected chi connectivity index (χ2v) is 11.0. The van der Waals surface area contributed by atoms with Gasteiger partial charge in [0.15, 0.2) is 0 Å². The average molecular weight is 467 g/mol. The normalized spacial score (nSPS) is 21.7. The summed E-state index contributed by atoms with van der Waals surface area (Å²) >= 11 is 3.53. The molecule has 0 bridgehead atoms. The van der Waals surface area contributed by atoms with Crippen molar-refractivity contribution >= 4 is 41.4 Å². The number of carbonyl (C=O) groups excluding carboxylic acids is 2. The highest BCUT2D eigenvalue weighted by Gasteiger charge is 2.51. The van der Waals surface area contributed by atoms with E-state index in [0.717, 1.165) is 17.1 Å². The number of carboxylic acids is 1. The minimum Gasteiger partial charge on any atom is -0.480 e. The minimum atomic E-state index is -0.947. The van der Waals surface area contributed by atoms with E-state index in [4.69, 9.17) is 4.74 Å². The number of carboxylic acid groups (broad SMARTS) is 1. The predicted octanol–water partition coefficient (Wildman–Crippen LogP) is 2.56. The van der Waals surface area contributed by atoms with E-state index in [1.165, 1.54) is 4.90 Å². The largest absolute Gasteiger partial charge is 0.480 e. The van der Waals surface area contributed by atoms with Crippen molar-refractivity contribution in [3.63, 3.8) is 0 Å².